The van der Waals surface area contributed by atoms with Gasteiger partial charge in [-0.3, -0.25) is 0 Å². The van der Waals surface area contributed by atoms with Crippen LogP contribution in [-0.2, 0) is 4.74 Å². The molecule has 0 atom stereocenters. The zero-order chi connectivity index (χ0) is 12.5. The Labute approximate surface area is 104 Å². The first-order valence-corrected chi connectivity index (χ1v) is 6.48. The van der Waals surface area contributed by atoms with E-state index >= 15 is 0 Å². The molecule has 0 saturated heterocycles. The van der Waals surface area contributed by atoms with Crippen LogP contribution < -0.4 is 0 Å². The summed E-state index contributed by atoms with van der Waals surface area (Å²) in [5, 5.41) is 0. The van der Waals surface area contributed by atoms with E-state index in [1.165, 1.54) is 19.3 Å². The Morgan fingerprint density at radius 3 is 2.53 bits per heavy atom. The van der Waals surface area contributed by atoms with Gasteiger partial charge in [0.25, 0.3) is 0 Å². The van der Waals surface area contributed by atoms with Crippen LogP contribution in [0.5, 0.6) is 0 Å². The minimum absolute atomic E-state index is 0.196. The first kappa shape index (κ1) is 13.8. The Bertz CT molecular complexity index is 345. The van der Waals surface area contributed by atoms with E-state index in [-0.39, 0.29) is 5.97 Å². The van der Waals surface area contributed by atoms with Crippen LogP contribution in [0, 0.1) is 6.92 Å². The summed E-state index contributed by atoms with van der Waals surface area (Å²) in [5.74, 6) is -0.196. The highest BCUT2D eigenvalue weighted by atomic mass is 16.5. The molecule has 1 aromatic carbocycles. The van der Waals surface area contributed by atoms with Crippen LogP contribution in [0.4, 0.5) is 0 Å². The summed E-state index contributed by atoms with van der Waals surface area (Å²) in [7, 11) is 0. The summed E-state index contributed by atoms with van der Waals surface area (Å²) < 4.78 is 5.25. The second-order valence-electron chi connectivity index (χ2n) is 4.37. The number of unbranched alkanes of at least 4 members (excludes halogenated alkanes) is 4. The third-order valence-electron chi connectivity index (χ3n) is 2.85. The van der Waals surface area contributed by atoms with Gasteiger partial charge in [-0.25, -0.2) is 4.79 Å². The zero-order valence-electron chi connectivity index (χ0n) is 10.9. The largest absolute Gasteiger partial charge is 0.462 e. The van der Waals surface area contributed by atoms with Gasteiger partial charge in [-0.05, 0) is 25.0 Å². The van der Waals surface area contributed by atoms with Crippen molar-refractivity contribution in [1.29, 1.82) is 0 Å². The van der Waals surface area contributed by atoms with E-state index in [0.29, 0.717) is 12.2 Å². The lowest BCUT2D eigenvalue weighted by Gasteiger charge is -2.06. The fourth-order valence-electron chi connectivity index (χ4n) is 1.75. The molecule has 0 bridgehead atoms. The van der Waals surface area contributed by atoms with Crippen LogP contribution in [0.3, 0.4) is 0 Å². The second kappa shape index (κ2) is 7.88. The van der Waals surface area contributed by atoms with E-state index in [9.17, 15) is 4.79 Å². The van der Waals surface area contributed by atoms with Crippen LogP contribution in [0.25, 0.3) is 0 Å². The molecule has 2 heteroatoms. The molecule has 0 spiro atoms. The Morgan fingerprint density at radius 2 is 1.82 bits per heavy atom. The number of rotatable bonds is 7. The van der Waals surface area contributed by atoms with E-state index < -0.39 is 0 Å². The molecule has 17 heavy (non-hydrogen) atoms. The Morgan fingerprint density at radius 1 is 1.12 bits per heavy atom. The minimum atomic E-state index is -0.196. The molecular formula is C15H22O2. The van der Waals surface area contributed by atoms with Gasteiger partial charge in [0.15, 0.2) is 0 Å². The molecule has 1 rings (SSSR count). The van der Waals surface area contributed by atoms with Crippen molar-refractivity contribution in [3.8, 4) is 0 Å². The maximum Gasteiger partial charge on any atom is 0.338 e. The summed E-state index contributed by atoms with van der Waals surface area (Å²) in [6.45, 7) is 4.66. The molecule has 0 unspecified atom stereocenters. The van der Waals surface area contributed by atoms with Gasteiger partial charge in [0, 0.05) is 0 Å². The number of hydrogen-bond acceptors (Lipinski definition) is 2. The van der Waals surface area contributed by atoms with Crippen molar-refractivity contribution in [3.63, 3.8) is 0 Å². The number of carbonyl (C=O) groups excluding carboxylic acids is 1. The van der Waals surface area contributed by atoms with Gasteiger partial charge < -0.3 is 4.74 Å². The van der Waals surface area contributed by atoms with Crippen molar-refractivity contribution in [1.82, 2.24) is 0 Å². The molecule has 0 radical (unpaired) electrons. The lowest BCUT2D eigenvalue weighted by atomic mass is 10.1. The number of hydrogen-bond donors (Lipinski definition) is 0. The number of benzene rings is 1. The van der Waals surface area contributed by atoms with E-state index in [0.717, 1.165) is 18.4 Å². The number of ether oxygens (including phenoxy) is 1. The van der Waals surface area contributed by atoms with Crippen molar-refractivity contribution in [2.24, 2.45) is 0 Å². The highest BCUT2D eigenvalue weighted by Gasteiger charge is 2.08. The first-order valence-electron chi connectivity index (χ1n) is 6.48. The highest BCUT2D eigenvalue weighted by molar-refractivity contribution is 5.90. The monoisotopic (exact) mass is 234 g/mol. The topological polar surface area (TPSA) is 26.3 Å². The molecule has 0 aliphatic carbocycles. The minimum Gasteiger partial charge on any atom is -0.462 e. The fraction of sp³-hybridized carbons (Fsp3) is 0.533. The van der Waals surface area contributed by atoms with Gasteiger partial charge in [-0.1, -0.05) is 50.8 Å². The smallest absolute Gasteiger partial charge is 0.338 e. The normalized spacial score (nSPS) is 10.2. The molecule has 0 amide bonds. The van der Waals surface area contributed by atoms with Gasteiger partial charge in [0.2, 0.25) is 0 Å². The molecule has 94 valence electrons. The molecule has 2 nitrogen and oxygen atoms in total. The molecule has 0 aliphatic heterocycles. The average Bonchev–Trinajstić information content (AvgIpc) is 2.34. The maximum atomic E-state index is 11.7. The van der Waals surface area contributed by atoms with Crippen molar-refractivity contribution < 1.29 is 9.53 Å². The summed E-state index contributed by atoms with van der Waals surface area (Å²) in [5.41, 5.74) is 1.66. The average molecular weight is 234 g/mol. The molecule has 1 aromatic rings. The molecule has 0 aliphatic rings. The Kier molecular flexibility index (Phi) is 6.38. The lowest BCUT2D eigenvalue weighted by Crippen LogP contribution is -2.07. The fourth-order valence-corrected chi connectivity index (χ4v) is 1.75. The van der Waals surface area contributed by atoms with E-state index in [2.05, 4.69) is 6.92 Å². The second-order valence-corrected chi connectivity index (χ2v) is 4.37. The predicted octanol–water partition coefficient (Wildman–Crippen LogP) is 4.12. The van der Waals surface area contributed by atoms with Crippen molar-refractivity contribution in [3.05, 3.63) is 35.4 Å². The summed E-state index contributed by atoms with van der Waals surface area (Å²) >= 11 is 0. The Balaban J connectivity index is 2.24. The van der Waals surface area contributed by atoms with Crippen molar-refractivity contribution >= 4 is 5.97 Å². The van der Waals surface area contributed by atoms with E-state index in [1.54, 1.807) is 0 Å². The Hall–Kier alpha value is -1.31. The molecular weight excluding hydrogens is 212 g/mol. The maximum absolute atomic E-state index is 11.7. The number of carbonyl (C=O) groups is 1. The standard InChI is InChI=1S/C15H22O2/c1-3-4-5-6-9-12-17-15(16)14-11-8-7-10-13(14)2/h7-8,10-11H,3-6,9,12H2,1-2H3. The summed E-state index contributed by atoms with van der Waals surface area (Å²) in [4.78, 5) is 11.7. The van der Waals surface area contributed by atoms with Crippen LogP contribution in [0.1, 0.15) is 54.9 Å². The van der Waals surface area contributed by atoms with Crippen molar-refractivity contribution in [2.75, 3.05) is 6.61 Å². The number of aryl methyl sites for hydroxylation is 1. The van der Waals surface area contributed by atoms with Gasteiger partial charge >= 0.3 is 5.97 Å². The molecule has 0 aromatic heterocycles. The zero-order valence-corrected chi connectivity index (χ0v) is 10.9. The highest BCUT2D eigenvalue weighted by Crippen LogP contribution is 2.09. The van der Waals surface area contributed by atoms with Crippen LogP contribution in [0.2, 0.25) is 0 Å². The number of esters is 1. The van der Waals surface area contributed by atoms with E-state index in [4.69, 9.17) is 4.74 Å². The predicted molar refractivity (Wildman–Crippen MR) is 70.2 cm³/mol. The summed E-state index contributed by atoms with van der Waals surface area (Å²) in [6.07, 6.45) is 5.86. The summed E-state index contributed by atoms with van der Waals surface area (Å²) in [6, 6.07) is 7.54. The van der Waals surface area contributed by atoms with Gasteiger partial charge in [0.1, 0.15) is 0 Å². The molecule has 0 N–H and O–H groups in total. The molecule has 0 fully saturated rings. The SMILES string of the molecule is CCCCCCCOC(=O)c1ccccc1C. The van der Waals surface area contributed by atoms with Gasteiger partial charge in [-0.15, -0.1) is 0 Å². The lowest BCUT2D eigenvalue weighted by molar-refractivity contribution is 0.0497. The first-order chi connectivity index (χ1) is 8.25. The quantitative estimate of drug-likeness (QED) is 0.524. The molecule has 0 saturated carbocycles. The van der Waals surface area contributed by atoms with Crippen LogP contribution in [-0.4, -0.2) is 12.6 Å². The van der Waals surface area contributed by atoms with Crippen molar-refractivity contribution in [2.45, 2.75) is 46.0 Å². The van der Waals surface area contributed by atoms with Crippen LogP contribution >= 0.6 is 0 Å². The van der Waals surface area contributed by atoms with Gasteiger partial charge in [0.05, 0.1) is 12.2 Å². The molecule has 0 heterocycles. The third-order valence-corrected chi connectivity index (χ3v) is 2.85. The van der Waals surface area contributed by atoms with E-state index in [1.807, 2.05) is 31.2 Å². The van der Waals surface area contributed by atoms with Crippen LogP contribution in [0.15, 0.2) is 24.3 Å². The van der Waals surface area contributed by atoms with Gasteiger partial charge in [-0.2, -0.15) is 0 Å². The third kappa shape index (κ3) is 5.03.